The summed E-state index contributed by atoms with van der Waals surface area (Å²) in [5, 5.41) is 3.11. The van der Waals surface area contributed by atoms with Crippen molar-refractivity contribution in [2.75, 3.05) is 6.54 Å². The Kier molecular flexibility index (Phi) is 5.42. The van der Waals surface area contributed by atoms with Gasteiger partial charge < -0.3 is 5.32 Å². The standard InChI is InChI=1S/C16H15BrF3N/c1-2-6-21-16(10-4-3-5-11(17)7-10)15-13(19)8-12(18)9-14(15)20/h3-5,7-9,16,21H,2,6H2,1H3. The third-order valence-electron chi connectivity index (χ3n) is 3.11. The largest absolute Gasteiger partial charge is 0.306 e. The van der Waals surface area contributed by atoms with E-state index in [-0.39, 0.29) is 5.56 Å². The van der Waals surface area contributed by atoms with Crippen molar-refractivity contribution in [3.8, 4) is 0 Å². The van der Waals surface area contributed by atoms with Gasteiger partial charge in [-0.2, -0.15) is 0 Å². The number of nitrogens with one attached hydrogen (secondary N) is 1. The number of rotatable bonds is 5. The molecule has 0 amide bonds. The fourth-order valence-electron chi connectivity index (χ4n) is 2.19. The molecule has 0 aromatic heterocycles. The smallest absolute Gasteiger partial charge is 0.134 e. The van der Waals surface area contributed by atoms with Gasteiger partial charge in [-0.3, -0.25) is 0 Å². The van der Waals surface area contributed by atoms with Crippen molar-refractivity contribution in [2.24, 2.45) is 0 Å². The molecule has 0 aliphatic heterocycles. The van der Waals surface area contributed by atoms with Crippen molar-refractivity contribution >= 4 is 15.9 Å². The number of halogens is 4. The Labute approximate surface area is 130 Å². The van der Waals surface area contributed by atoms with E-state index in [1.165, 1.54) is 0 Å². The fraction of sp³-hybridized carbons (Fsp3) is 0.250. The lowest BCUT2D eigenvalue weighted by Gasteiger charge is -2.21. The van der Waals surface area contributed by atoms with Crippen LogP contribution >= 0.6 is 15.9 Å². The van der Waals surface area contributed by atoms with Crippen LogP contribution in [-0.4, -0.2) is 6.54 Å². The first-order valence-corrected chi connectivity index (χ1v) is 7.45. The van der Waals surface area contributed by atoms with Gasteiger partial charge in [-0.25, -0.2) is 13.2 Å². The molecule has 5 heteroatoms. The zero-order chi connectivity index (χ0) is 15.4. The maximum atomic E-state index is 14.0. The average Bonchev–Trinajstić information content (AvgIpc) is 2.41. The van der Waals surface area contributed by atoms with Crippen LogP contribution in [0.25, 0.3) is 0 Å². The summed E-state index contributed by atoms with van der Waals surface area (Å²) >= 11 is 3.34. The Morgan fingerprint density at radius 1 is 1.10 bits per heavy atom. The Hall–Kier alpha value is -1.33. The van der Waals surface area contributed by atoms with Crippen LogP contribution in [0.4, 0.5) is 13.2 Å². The zero-order valence-electron chi connectivity index (χ0n) is 11.5. The van der Waals surface area contributed by atoms with Gasteiger partial charge in [0.2, 0.25) is 0 Å². The third kappa shape index (κ3) is 3.86. The predicted molar refractivity (Wildman–Crippen MR) is 80.6 cm³/mol. The van der Waals surface area contributed by atoms with Crippen LogP contribution < -0.4 is 5.32 Å². The van der Waals surface area contributed by atoms with Crippen LogP contribution in [0.15, 0.2) is 40.9 Å². The summed E-state index contributed by atoms with van der Waals surface area (Å²) in [6.07, 6.45) is 0.814. The number of hydrogen-bond acceptors (Lipinski definition) is 1. The van der Waals surface area contributed by atoms with E-state index < -0.39 is 23.5 Å². The highest BCUT2D eigenvalue weighted by atomic mass is 79.9. The third-order valence-corrected chi connectivity index (χ3v) is 3.61. The highest BCUT2D eigenvalue weighted by molar-refractivity contribution is 9.10. The van der Waals surface area contributed by atoms with Gasteiger partial charge in [0.1, 0.15) is 17.5 Å². The molecule has 1 unspecified atom stereocenters. The van der Waals surface area contributed by atoms with E-state index in [0.717, 1.165) is 10.9 Å². The van der Waals surface area contributed by atoms with Crippen LogP contribution in [0.3, 0.4) is 0 Å². The lowest BCUT2D eigenvalue weighted by atomic mass is 9.97. The normalized spacial score (nSPS) is 12.4. The summed E-state index contributed by atoms with van der Waals surface area (Å²) in [5.74, 6) is -2.70. The topological polar surface area (TPSA) is 12.0 Å². The van der Waals surface area contributed by atoms with Crippen molar-refractivity contribution in [3.63, 3.8) is 0 Å². The molecular formula is C16H15BrF3N. The van der Waals surface area contributed by atoms with Gasteiger partial charge in [0.25, 0.3) is 0 Å². The summed E-state index contributed by atoms with van der Waals surface area (Å²) in [7, 11) is 0. The van der Waals surface area contributed by atoms with Gasteiger partial charge in [0.15, 0.2) is 0 Å². The molecule has 0 saturated carbocycles. The van der Waals surface area contributed by atoms with Crippen molar-refractivity contribution < 1.29 is 13.2 Å². The maximum absolute atomic E-state index is 14.0. The zero-order valence-corrected chi connectivity index (χ0v) is 13.1. The lowest BCUT2D eigenvalue weighted by molar-refractivity contribution is 0.486. The fourth-order valence-corrected chi connectivity index (χ4v) is 2.61. The van der Waals surface area contributed by atoms with E-state index in [1.807, 2.05) is 13.0 Å². The average molecular weight is 358 g/mol. The van der Waals surface area contributed by atoms with Gasteiger partial charge in [-0.15, -0.1) is 0 Å². The van der Waals surface area contributed by atoms with Crippen molar-refractivity contribution in [2.45, 2.75) is 19.4 Å². The van der Waals surface area contributed by atoms with E-state index in [2.05, 4.69) is 21.2 Å². The molecule has 2 aromatic carbocycles. The molecule has 0 spiro atoms. The number of hydrogen-bond donors (Lipinski definition) is 1. The SMILES string of the molecule is CCCNC(c1cccc(Br)c1)c1c(F)cc(F)cc1F. The van der Waals surface area contributed by atoms with Crippen LogP contribution in [-0.2, 0) is 0 Å². The van der Waals surface area contributed by atoms with Crippen LogP contribution in [0.2, 0.25) is 0 Å². The minimum Gasteiger partial charge on any atom is -0.306 e. The van der Waals surface area contributed by atoms with Crippen LogP contribution in [0, 0.1) is 17.5 Å². The first kappa shape index (κ1) is 16.0. The van der Waals surface area contributed by atoms with E-state index in [4.69, 9.17) is 0 Å². The molecule has 112 valence electrons. The molecule has 1 atom stereocenters. The molecule has 2 aromatic rings. The van der Waals surface area contributed by atoms with Crippen LogP contribution in [0.5, 0.6) is 0 Å². The molecule has 0 fully saturated rings. The van der Waals surface area contributed by atoms with Crippen molar-refractivity contribution in [1.82, 2.24) is 5.32 Å². The molecule has 0 saturated heterocycles. The van der Waals surface area contributed by atoms with Gasteiger partial charge in [0.05, 0.1) is 6.04 Å². The molecule has 0 aliphatic rings. The predicted octanol–water partition coefficient (Wildman–Crippen LogP) is 4.96. The van der Waals surface area contributed by atoms with E-state index in [0.29, 0.717) is 24.2 Å². The summed E-state index contributed by atoms with van der Waals surface area (Å²) in [5.41, 5.74) is 0.546. The van der Waals surface area contributed by atoms with Gasteiger partial charge in [-0.05, 0) is 30.7 Å². The first-order chi connectivity index (χ1) is 10.0. The van der Waals surface area contributed by atoms with Crippen molar-refractivity contribution in [3.05, 3.63) is 69.4 Å². The Balaban J connectivity index is 2.50. The minimum absolute atomic E-state index is 0.164. The summed E-state index contributed by atoms with van der Waals surface area (Å²) in [6, 6.07) is 7.93. The molecule has 0 aliphatic carbocycles. The highest BCUT2D eigenvalue weighted by Crippen LogP contribution is 2.29. The molecule has 21 heavy (non-hydrogen) atoms. The van der Waals surface area contributed by atoms with Gasteiger partial charge in [0, 0.05) is 22.2 Å². The first-order valence-electron chi connectivity index (χ1n) is 6.66. The molecule has 2 rings (SSSR count). The molecular weight excluding hydrogens is 343 g/mol. The summed E-state index contributed by atoms with van der Waals surface area (Å²) in [4.78, 5) is 0. The molecule has 1 nitrogen and oxygen atoms in total. The van der Waals surface area contributed by atoms with Gasteiger partial charge >= 0.3 is 0 Å². The summed E-state index contributed by atoms with van der Waals surface area (Å²) in [6.45, 7) is 2.55. The number of benzene rings is 2. The Morgan fingerprint density at radius 2 is 1.76 bits per heavy atom. The monoisotopic (exact) mass is 357 g/mol. The molecule has 0 radical (unpaired) electrons. The quantitative estimate of drug-likeness (QED) is 0.797. The minimum atomic E-state index is -0.919. The molecule has 0 heterocycles. The van der Waals surface area contributed by atoms with Gasteiger partial charge in [-0.1, -0.05) is 35.0 Å². The highest BCUT2D eigenvalue weighted by Gasteiger charge is 2.22. The summed E-state index contributed by atoms with van der Waals surface area (Å²) < 4.78 is 42.0. The Morgan fingerprint density at radius 3 is 2.33 bits per heavy atom. The molecule has 1 N–H and O–H groups in total. The maximum Gasteiger partial charge on any atom is 0.134 e. The van der Waals surface area contributed by atoms with Crippen molar-refractivity contribution in [1.29, 1.82) is 0 Å². The second-order valence-electron chi connectivity index (χ2n) is 4.73. The second kappa shape index (κ2) is 7.09. The van der Waals surface area contributed by atoms with E-state index in [1.54, 1.807) is 18.2 Å². The van der Waals surface area contributed by atoms with E-state index >= 15 is 0 Å². The lowest BCUT2D eigenvalue weighted by Crippen LogP contribution is -2.25. The van der Waals surface area contributed by atoms with E-state index in [9.17, 15) is 13.2 Å². The molecule has 0 bridgehead atoms. The second-order valence-corrected chi connectivity index (χ2v) is 5.64. The van der Waals surface area contributed by atoms with Crippen LogP contribution in [0.1, 0.15) is 30.5 Å². The Bertz CT molecular complexity index is 608.